The molecule has 0 aliphatic heterocycles. The summed E-state index contributed by atoms with van der Waals surface area (Å²) in [5.74, 6) is 0. The van der Waals surface area contributed by atoms with Crippen LogP contribution in [0.1, 0.15) is 0 Å². The Labute approximate surface area is 109 Å². The van der Waals surface area contributed by atoms with Gasteiger partial charge in [-0.2, -0.15) is 5.10 Å². The summed E-state index contributed by atoms with van der Waals surface area (Å²) in [5, 5.41) is 9.62. The molecule has 1 heterocycles. The topological polar surface area (TPSA) is 44.5 Å². The maximum Gasteiger partial charge on any atom is 0.147 e. The second-order valence-electron chi connectivity index (χ2n) is 3.97. The Morgan fingerprint density at radius 3 is 2.28 bits per heavy atom. The molecule has 0 radical (unpaired) electrons. The van der Waals surface area contributed by atoms with Crippen LogP contribution in [-0.2, 0) is 0 Å². The van der Waals surface area contributed by atoms with Crippen LogP contribution < -0.4 is 0 Å². The zero-order valence-corrected chi connectivity index (χ0v) is 10.4. The fourth-order valence-electron chi connectivity index (χ4n) is 1.92. The van der Waals surface area contributed by atoms with Gasteiger partial charge in [0.15, 0.2) is 0 Å². The molecule has 0 atom stereocenters. The molecule has 3 nitrogen and oxygen atoms in total. The Bertz CT molecular complexity index is 713. The smallest absolute Gasteiger partial charge is 0.147 e. The number of rotatable bonds is 2. The molecule has 2 aromatic carbocycles. The van der Waals surface area contributed by atoms with Gasteiger partial charge in [0, 0.05) is 5.56 Å². The number of H-pyrrole nitrogens is 2. The van der Waals surface area contributed by atoms with E-state index in [2.05, 4.69) is 39.7 Å². The first kappa shape index (κ1) is 10.9. The van der Waals surface area contributed by atoms with Gasteiger partial charge < -0.3 is 0 Å². The predicted molar refractivity (Wildman–Crippen MR) is 74.6 cm³/mol. The number of nitrogens with one attached hydrogen (secondary N) is 2. The maximum atomic E-state index is 5.18. The third kappa shape index (κ3) is 1.98. The van der Waals surface area contributed by atoms with Crippen LogP contribution >= 0.6 is 12.2 Å². The van der Waals surface area contributed by atoms with Crippen molar-refractivity contribution in [2.24, 2.45) is 0 Å². The lowest BCUT2D eigenvalue weighted by atomic mass is 10.0. The standard InChI is InChI=1S/C14H11N3S/c18-14-13(15-17-16-14)12-8-4-7-11(9-12)10-5-2-1-3-6-10/h1-9H,(H2,15,16,17,18). The number of nitrogens with zero attached hydrogens (tertiary/aromatic N) is 1. The normalized spacial score (nSPS) is 10.4. The molecule has 0 bridgehead atoms. The molecule has 88 valence electrons. The van der Waals surface area contributed by atoms with Crippen molar-refractivity contribution < 1.29 is 0 Å². The number of benzene rings is 2. The van der Waals surface area contributed by atoms with Crippen LogP contribution in [0.5, 0.6) is 0 Å². The Kier molecular flexibility index (Phi) is 2.78. The number of hydrogen-bond donors (Lipinski definition) is 2. The zero-order chi connectivity index (χ0) is 12.4. The highest BCUT2D eigenvalue weighted by atomic mass is 32.1. The van der Waals surface area contributed by atoms with E-state index in [0.29, 0.717) is 4.64 Å². The quantitative estimate of drug-likeness (QED) is 0.682. The minimum atomic E-state index is 0.625. The van der Waals surface area contributed by atoms with E-state index < -0.39 is 0 Å². The molecule has 0 fully saturated rings. The molecule has 0 aliphatic rings. The van der Waals surface area contributed by atoms with Crippen LogP contribution in [0, 0.1) is 4.64 Å². The maximum absolute atomic E-state index is 5.18. The summed E-state index contributed by atoms with van der Waals surface area (Å²) in [6.07, 6.45) is 0. The summed E-state index contributed by atoms with van der Waals surface area (Å²) in [6.45, 7) is 0. The molecular weight excluding hydrogens is 242 g/mol. The van der Waals surface area contributed by atoms with E-state index in [9.17, 15) is 0 Å². The van der Waals surface area contributed by atoms with Crippen LogP contribution in [0.15, 0.2) is 54.6 Å². The molecule has 0 saturated heterocycles. The number of hydrogen-bond acceptors (Lipinski definition) is 2. The van der Waals surface area contributed by atoms with Crippen LogP contribution in [0.25, 0.3) is 22.4 Å². The molecule has 18 heavy (non-hydrogen) atoms. The first-order chi connectivity index (χ1) is 8.84. The van der Waals surface area contributed by atoms with Gasteiger partial charge in [-0.05, 0) is 17.2 Å². The summed E-state index contributed by atoms with van der Waals surface area (Å²) in [7, 11) is 0. The average Bonchev–Trinajstić information content (AvgIpc) is 2.86. The van der Waals surface area contributed by atoms with Gasteiger partial charge in [-0.3, -0.25) is 5.10 Å². The van der Waals surface area contributed by atoms with Crippen LogP contribution in [-0.4, -0.2) is 15.4 Å². The fraction of sp³-hybridized carbons (Fsp3) is 0. The largest absolute Gasteiger partial charge is 0.273 e. The van der Waals surface area contributed by atoms with Gasteiger partial charge in [0.25, 0.3) is 0 Å². The molecule has 4 heteroatoms. The van der Waals surface area contributed by atoms with Crippen molar-refractivity contribution in [3.05, 3.63) is 59.2 Å². The fourth-order valence-corrected chi connectivity index (χ4v) is 2.13. The van der Waals surface area contributed by atoms with E-state index >= 15 is 0 Å². The van der Waals surface area contributed by atoms with Gasteiger partial charge in [0.2, 0.25) is 0 Å². The van der Waals surface area contributed by atoms with Gasteiger partial charge in [-0.15, -0.1) is 0 Å². The highest BCUT2D eigenvalue weighted by Gasteiger charge is 2.04. The number of aromatic nitrogens is 3. The van der Waals surface area contributed by atoms with E-state index in [1.54, 1.807) is 0 Å². The summed E-state index contributed by atoms with van der Waals surface area (Å²) in [6, 6.07) is 18.4. The second-order valence-corrected chi connectivity index (χ2v) is 4.38. The molecule has 0 spiro atoms. The zero-order valence-electron chi connectivity index (χ0n) is 9.55. The van der Waals surface area contributed by atoms with Crippen molar-refractivity contribution in [1.82, 2.24) is 15.4 Å². The highest BCUT2D eigenvalue weighted by molar-refractivity contribution is 7.71. The van der Waals surface area contributed by atoms with Crippen LogP contribution in [0.3, 0.4) is 0 Å². The summed E-state index contributed by atoms with van der Waals surface area (Å²) in [4.78, 5) is 0. The van der Waals surface area contributed by atoms with Crippen LogP contribution in [0.2, 0.25) is 0 Å². The van der Waals surface area contributed by atoms with Crippen molar-refractivity contribution >= 4 is 12.2 Å². The number of aromatic amines is 2. The third-order valence-corrected chi connectivity index (χ3v) is 3.09. The highest BCUT2D eigenvalue weighted by Crippen LogP contribution is 2.25. The van der Waals surface area contributed by atoms with Crippen molar-refractivity contribution in [2.45, 2.75) is 0 Å². The van der Waals surface area contributed by atoms with E-state index in [1.807, 2.05) is 30.3 Å². The minimum absolute atomic E-state index is 0.625. The molecule has 3 rings (SSSR count). The summed E-state index contributed by atoms with van der Waals surface area (Å²) in [5.41, 5.74) is 4.14. The first-order valence-corrected chi connectivity index (χ1v) is 6.04. The van der Waals surface area contributed by atoms with Gasteiger partial charge >= 0.3 is 0 Å². The Morgan fingerprint density at radius 1 is 0.833 bits per heavy atom. The van der Waals surface area contributed by atoms with E-state index in [4.69, 9.17) is 12.2 Å². The average molecular weight is 253 g/mol. The summed E-state index contributed by atoms with van der Waals surface area (Å²) < 4.78 is 0.625. The van der Waals surface area contributed by atoms with Gasteiger partial charge in [-0.1, -0.05) is 60.7 Å². The third-order valence-electron chi connectivity index (χ3n) is 2.80. The lowest BCUT2D eigenvalue weighted by molar-refractivity contribution is 0.938. The lowest BCUT2D eigenvalue weighted by Gasteiger charge is -2.03. The molecule has 0 amide bonds. The Hall–Kier alpha value is -2.20. The van der Waals surface area contributed by atoms with Crippen molar-refractivity contribution in [1.29, 1.82) is 0 Å². The molecule has 2 N–H and O–H groups in total. The predicted octanol–water partition coefficient (Wildman–Crippen LogP) is 3.80. The molecular formula is C14H11N3S. The second kappa shape index (κ2) is 4.58. The molecule has 0 unspecified atom stereocenters. The van der Waals surface area contributed by atoms with E-state index in [1.165, 1.54) is 5.56 Å². The van der Waals surface area contributed by atoms with Crippen molar-refractivity contribution in [2.75, 3.05) is 0 Å². The summed E-state index contributed by atoms with van der Waals surface area (Å²) >= 11 is 5.18. The Balaban J connectivity index is 2.11. The first-order valence-electron chi connectivity index (χ1n) is 5.63. The van der Waals surface area contributed by atoms with E-state index in [-0.39, 0.29) is 0 Å². The lowest BCUT2D eigenvalue weighted by Crippen LogP contribution is -1.82. The molecule has 0 saturated carbocycles. The molecule has 3 aromatic rings. The van der Waals surface area contributed by atoms with Gasteiger partial charge in [0.05, 0.1) is 0 Å². The van der Waals surface area contributed by atoms with Gasteiger partial charge in [-0.25, -0.2) is 5.21 Å². The molecule has 0 aliphatic carbocycles. The van der Waals surface area contributed by atoms with Crippen molar-refractivity contribution in [3.63, 3.8) is 0 Å². The van der Waals surface area contributed by atoms with Crippen LogP contribution in [0.4, 0.5) is 0 Å². The monoisotopic (exact) mass is 253 g/mol. The SMILES string of the molecule is S=c1[nH][nH]nc1-c1cccc(-c2ccccc2)c1. The Morgan fingerprint density at radius 2 is 1.56 bits per heavy atom. The van der Waals surface area contributed by atoms with Gasteiger partial charge in [0.1, 0.15) is 10.3 Å². The van der Waals surface area contributed by atoms with Crippen molar-refractivity contribution in [3.8, 4) is 22.4 Å². The van der Waals surface area contributed by atoms with E-state index in [0.717, 1.165) is 16.8 Å². The molecule has 1 aromatic heterocycles. The minimum Gasteiger partial charge on any atom is -0.273 e.